The Morgan fingerprint density at radius 3 is 2.73 bits per heavy atom. The van der Waals surface area contributed by atoms with Crippen molar-refractivity contribution in [3.05, 3.63) is 35.6 Å². The third-order valence-corrected chi connectivity index (χ3v) is 2.96. The van der Waals surface area contributed by atoms with Crippen molar-refractivity contribution in [3.63, 3.8) is 0 Å². The molecule has 2 rings (SSSR count). The molecule has 3 heteroatoms. The van der Waals surface area contributed by atoms with Crippen LogP contribution in [0.2, 0.25) is 0 Å². The molecule has 0 saturated heterocycles. The van der Waals surface area contributed by atoms with Crippen molar-refractivity contribution in [3.8, 4) is 0 Å². The Hall–Kier alpha value is -0.930. The van der Waals surface area contributed by atoms with Crippen LogP contribution in [0.15, 0.2) is 24.3 Å². The van der Waals surface area contributed by atoms with Crippen LogP contribution in [0.25, 0.3) is 0 Å². The molecule has 1 aliphatic rings. The molecule has 0 bridgehead atoms. The van der Waals surface area contributed by atoms with E-state index in [0.717, 1.165) is 31.4 Å². The molecule has 0 radical (unpaired) electrons. The zero-order valence-electron chi connectivity index (χ0n) is 8.75. The molecule has 0 unspecified atom stereocenters. The molecule has 0 spiro atoms. The van der Waals surface area contributed by atoms with Gasteiger partial charge in [-0.05, 0) is 37.4 Å². The van der Waals surface area contributed by atoms with Gasteiger partial charge in [0.1, 0.15) is 5.82 Å². The largest absolute Gasteiger partial charge is 0.328 e. The van der Waals surface area contributed by atoms with Crippen molar-refractivity contribution in [1.29, 1.82) is 0 Å². The molecular weight excluding hydrogens is 191 g/mol. The molecule has 1 aromatic rings. The second-order valence-electron chi connectivity index (χ2n) is 4.22. The summed E-state index contributed by atoms with van der Waals surface area (Å²) in [5.74, 6) is -0.107. The summed E-state index contributed by atoms with van der Waals surface area (Å²) in [7, 11) is 0. The summed E-state index contributed by atoms with van der Waals surface area (Å²) in [5, 5.41) is 3.38. The van der Waals surface area contributed by atoms with Crippen LogP contribution in [0.4, 0.5) is 4.39 Å². The van der Waals surface area contributed by atoms with Crippen LogP contribution in [0, 0.1) is 5.82 Å². The molecule has 1 fully saturated rings. The topological polar surface area (TPSA) is 38.0 Å². The highest BCUT2D eigenvalue weighted by molar-refractivity contribution is 5.17. The molecule has 0 heterocycles. The second-order valence-corrected chi connectivity index (χ2v) is 4.22. The van der Waals surface area contributed by atoms with Crippen LogP contribution in [0.1, 0.15) is 18.4 Å². The van der Waals surface area contributed by atoms with Gasteiger partial charge in [0.25, 0.3) is 0 Å². The van der Waals surface area contributed by atoms with E-state index in [0.29, 0.717) is 12.1 Å². The van der Waals surface area contributed by atoms with Crippen molar-refractivity contribution < 1.29 is 4.39 Å². The third-order valence-electron chi connectivity index (χ3n) is 2.96. The summed E-state index contributed by atoms with van der Waals surface area (Å²) in [6, 6.07) is 7.86. The SMILES string of the molecule is NC1CC(NCCc2ccccc2F)C1. The molecule has 1 aliphatic carbocycles. The molecule has 2 nitrogen and oxygen atoms in total. The van der Waals surface area contributed by atoms with Crippen molar-refractivity contribution in [2.45, 2.75) is 31.3 Å². The number of benzene rings is 1. The highest BCUT2D eigenvalue weighted by Gasteiger charge is 2.24. The molecular formula is C12H17FN2. The first-order chi connectivity index (χ1) is 7.25. The highest BCUT2D eigenvalue weighted by atomic mass is 19.1. The van der Waals surface area contributed by atoms with Crippen LogP contribution in [0.3, 0.4) is 0 Å². The summed E-state index contributed by atoms with van der Waals surface area (Å²) in [6.07, 6.45) is 2.85. The van der Waals surface area contributed by atoms with Gasteiger partial charge in [-0.3, -0.25) is 0 Å². The van der Waals surface area contributed by atoms with Crippen LogP contribution in [0.5, 0.6) is 0 Å². The minimum absolute atomic E-state index is 0.107. The first-order valence-electron chi connectivity index (χ1n) is 5.48. The van der Waals surface area contributed by atoms with Gasteiger partial charge in [-0.15, -0.1) is 0 Å². The molecule has 0 aliphatic heterocycles. The van der Waals surface area contributed by atoms with Gasteiger partial charge in [0.2, 0.25) is 0 Å². The van der Waals surface area contributed by atoms with E-state index in [9.17, 15) is 4.39 Å². The summed E-state index contributed by atoms with van der Waals surface area (Å²) < 4.78 is 13.2. The lowest BCUT2D eigenvalue weighted by molar-refractivity contribution is 0.293. The van der Waals surface area contributed by atoms with Crippen molar-refractivity contribution in [1.82, 2.24) is 5.32 Å². The van der Waals surface area contributed by atoms with Gasteiger partial charge in [-0.1, -0.05) is 18.2 Å². The number of hydrogen-bond acceptors (Lipinski definition) is 2. The Morgan fingerprint density at radius 2 is 2.07 bits per heavy atom. The van der Waals surface area contributed by atoms with E-state index >= 15 is 0 Å². The molecule has 0 aromatic heterocycles. The molecule has 1 aromatic carbocycles. The number of rotatable bonds is 4. The lowest BCUT2D eigenvalue weighted by Crippen LogP contribution is -2.48. The van der Waals surface area contributed by atoms with E-state index in [4.69, 9.17) is 5.73 Å². The molecule has 15 heavy (non-hydrogen) atoms. The molecule has 0 atom stereocenters. The van der Waals surface area contributed by atoms with E-state index in [2.05, 4.69) is 5.32 Å². The van der Waals surface area contributed by atoms with Crippen molar-refractivity contribution in [2.75, 3.05) is 6.54 Å². The zero-order valence-corrected chi connectivity index (χ0v) is 8.75. The van der Waals surface area contributed by atoms with E-state index in [1.54, 1.807) is 6.07 Å². The Labute approximate surface area is 89.7 Å². The number of hydrogen-bond donors (Lipinski definition) is 2. The van der Waals surface area contributed by atoms with E-state index in [-0.39, 0.29) is 5.82 Å². The first kappa shape index (κ1) is 10.6. The normalized spacial score (nSPS) is 24.9. The lowest BCUT2D eigenvalue weighted by Gasteiger charge is -2.33. The smallest absolute Gasteiger partial charge is 0.126 e. The van der Waals surface area contributed by atoms with E-state index in [1.165, 1.54) is 6.07 Å². The van der Waals surface area contributed by atoms with Crippen LogP contribution in [-0.2, 0) is 6.42 Å². The van der Waals surface area contributed by atoms with Crippen LogP contribution < -0.4 is 11.1 Å². The van der Waals surface area contributed by atoms with Gasteiger partial charge in [0.05, 0.1) is 0 Å². The van der Waals surface area contributed by atoms with Gasteiger partial charge >= 0.3 is 0 Å². The lowest BCUT2D eigenvalue weighted by atomic mass is 9.87. The zero-order chi connectivity index (χ0) is 10.7. The van der Waals surface area contributed by atoms with Gasteiger partial charge in [-0.25, -0.2) is 4.39 Å². The predicted molar refractivity (Wildman–Crippen MR) is 59.1 cm³/mol. The Morgan fingerprint density at radius 1 is 1.33 bits per heavy atom. The minimum atomic E-state index is -0.107. The van der Waals surface area contributed by atoms with Gasteiger partial charge in [0, 0.05) is 12.1 Å². The van der Waals surface area contributed by atoms with E-state index in [1.807, 2.05) is 12.1 Å². The van der Waals surface area contributed by atoms with Crippen LogP contribution >= 0.6 is 0 Å². The van der Waals surface area contributed by atoms with Crippen LogP contribution in [-0.4, -0.2) is 18.6 Å². The average molecular weight is 208 g/mol. The maximum atomic E-state index is 13.2. The standard InChI is InChI=1S/C12H17FN2/c13-12-4-2-1-3-9(12)5-6-15-11-7-10(14)8-11/h1-4,10-11,15H,5-8,14H2. The Bertz CT molecular complexity index is 321. The Balaban J connectivity index is 1.72. The maximum absolute atomic E-state index is 13.2. The predicted octanol–water partition coefficient (Wildman–Crippen LogP) is 1.45. The fourth-order valence-corrected chi connectivity index (χ4v) is 1.94. The fourth-order valence-electron chi connectivity index (χ4n) is 1.94. The number of halogens is 1. The average Bonchev–Trinajstić information content (AvgIpc) is 2.18. The minimum Gasteiger partial charge on any atom is -0.328 e. The summed E-state index contributed by atoms with van der Waals surface area (Å²) in [4.78, 5) is 0. The second kappa shape index (κ2) is 4.73. The van der Waals surface area contributed by atoms with Gasteiger partial charge in [-0.2, -0.15) is 0 Å². The maximum Gasteiger partial charge on any atom is 0.126 e. The number of nitrogens with one attached hydrogen (secondary N) is 1. The molecule has 82 valence electrons. The monoisotopic (exact) mass is 208 g/mol. The van der Waals surface area contributed by atoms with E-state index < -0.39 is 0 Å². The molecule has 1 saturated carbocycles. The fraction of sp³-hybridized carbons (Fsp3) is 0.500. The van der Waals surface area contributed by atoms with Gasteiger partial charge in [0.15, 0.2) is 0 Å². The van der Waals surface area contributed by atoms with Gasteiger partial charge < -0.3 is 11.1 Å². The third kappa shape index (κ3) is 2.76. The highest BCUT2D eigenvalue weighted by Crippen LogP contribution is 2.17. The first-order valence-corrected chi connectivity index (χ1v) is 5.48. The summed E-state index contributed by atoms with van der Waals surface area (Å²) in [6.45, 7) is 0.832. The molecule has 0 amide bonds. The molecule has 3 N–H and O–H groups in total. The number of nitrogens with two attached hydrogens (primary N) is 1. The Kier molecular flexibility index (Phi) is 3.34. The quantitative estimate of drug-likeness (QED) is 0.786. The summed E-state index contributed by atoms with van der Waals surface area (Å²) >= 11 is 0. The van der Waals surface area contributed by atoms with Crippen molar-refractivity contribution >= 4 is 0 Å². The summed E-state index contributed by atoms with van der Waals surface area (Å²) in [5.41, 5.74) is 6.46. The van der Waals surface area contributed by atoms with Crippen molar-refractivity contribution in [2.24, 2.45) is 5.73 Å².